The zero-order valence-corrected chi connectivity index (χ0v) is 19.8. The van der Waals surface area contributed by atoms with Gasteiger partial charge in [-0.25, -0.2) is 13.1 Å². The SMILES string of the molecule is COc1ccc(S(=O)(=O)NCCNC(=O)CCc2nc(-c3ccc(OC)c(OC)c3)no2)cc1. The Hall–Kier alpha value is -3.64. The van der Waals surface area contributed by atoms with Crippen LogP contribution in [0.4, 0.5) is 0 Å². The number of carbonyl (C=O) groups excluding carboxylic acids is 1. The Bertz CT molecular complexity index is 1210. The third-order valence-corrected chi connectivity index (χ3v) is 6.26. The molecule has 0 fully saturated rings. The van der Waals surface area contributed by atoms with Gasteiger partial charge in [0.2, 0.25) is 27.6 Å². The number of rotatable bonds is 12. The van der Waals surface area contributed by atoms with Crippen LogP contribution in [0.15, 0.2) is 51.9 Å². The van der Waals surface area contributed by atoms with Crippen molar-refractivity contribution in [3.63, 3.8) is 0 Å². The summed E-state index contributed by atoms with van der Waals surface area (Å²) in [5, 5.41) is 6.59. The van der Waals surface area contributed by atoms with E-state index in [0.29, 0.717) is 34.5 Å². The van der Waals surface area contributed by atoms with Crippen molar-refractivity contribution < 1.29 is 31.9 Å². The van der Waals surface area contributed by atoms with Crippen LogP contribution < -0.4 is 24.2 Å². The van der Waals surface area contributed by atoms with Crippen molar-refractivity contribution >= 4 is 15.9 Å². The van der Waals surface area contributed by atoms with E-state index in [4.69, 9.17) is 18.7 Å². The lowest BCUT2D eigenvalue weighted by Crippen LogP contribution is -2.34. The summed E-state index contributed by atoms with van der Waals surface area (Å²) in [6.45, 7) is 0.180. The quantitative estimate of drug-likeness (QED) is 0.363. The zero-order valence-electron chi connectivity index (χ0n) is 19.0. The Labute approximate surface area is 197 Å². The molecule has 0 bridgehead atoms. The Morgan fingerprint density at radius 1 is 0.971 bits per heavy atom. The van der Waals surface area contributed by atoms with Crippen LogP contribution in [-0.4, -0.2) is 58.9 Å². The monoisotopic (exact) mass is 490 g/mol. The van der Waals surface area contributed by atoms with Gasteiger partial charge in [-0.15, -0.1) is 0 Å². The molecule has 2 N–H and O–H groups in total. The number of hydrogen-bond acceptors (Lipinski definition) is 9. The minimum Gasteiger partial charge on any atom is -0.497 e. The molecule has 2 aromatic carbocycles. The third-order valence-electron chi connectivity index (χ3n) is 4.78. The van der Waals surface area contributed by atoms with Gasteiger partial charge in [-0.2, -0.15) is 4.98 Å². The molecule has 0 spiro atoms. The van der Waals surface area contributed by atoms with E-state index in [2.05, 4.69) is 20.2 Å². The summed E-state index contributed by atoms with van der Waals surface area (Å²) in [6, 6.07) is 11.2. The first kappa shape index (κ1) is 25.0. The predicted molar refractivity (Wildman–Crippen MR) is 122 cm³/mol. The molecule has 182 valence electrons. The second kappa shape index (κ2) is 11.5. The van der Waals surface area contributed by atoms with Gasteiger partial charge < -0.3 is 24.1 Å². The fourth-order valence-corrected chi connectivity index (χ4v) is 4.02. The largest absolute Gasteiger partial charge is 0.497 e. The van der Waals surface area contributed by atoms with E-state index in [1.54, 1.807) is 37.4 Å². The number of nitrogens with zero attached hydrogens (tertiary/aromatic N) is 2. The molecule has 0 saturated heterocycles. The molecule has 0 aliphatic heterocycles. The minimum absolute atomic E-state index is 0.0457. The standard InChI is InChI=1S/C22H26N4O7S/c1-30-16-5-7-17(8-6-16)34(28,29)24-13-12-23-20(27)10-11-21-25-22(26-33-21)15-4-9-18(31-2)19(14-15)32-3/h4-9,14,24H,10-13H2,1-3H3,(H,23,27). The molecule has 1 heterocycles. The average Bonchev–Trinajstić information content (AvgIpc) is 3.34. The molecular weight excluding hydrogens is 464 g/mol. The van der Waals surface area contributed by atoms with Crippen molar-refractivity contribution in [1.82, 2.24) is 20.2 Å². The van der Waals surface area contributed by atoms with Crippen LogP contribution >= 0.6 is 0 Å². The molecule has 0 aliphatic carbocycles. The fourth-order valence-electron chi connectivity index (χ4n) is 2.98. The van der Waals surface area contributed by atoms with Crippen molar-refractivity contribution in [1.29, 1.82) is 0 Å². The molecule has 1 amide bonds. The molecule has 1 aromatic heterocycles. The van der Waals surface area contributed by atoms with Gasteiger partial charge in [-0.1, -0.05) is 5.16 Å². The van der Waals surface area contributed by atoms with E-state index >= 15 is 0 Å². The summed E-state index contributed by atoms with van der Waals surface area (Å²) in [5.41, 5.74) is 0.682. The fraction of sp³-hybridized carbons (Fsp3) is 0.318. The van der Waals surface area contributed by atoms with Crippen molar-refractivity contribution in [2.45, 2.75) is 17.7 Å². The summed E-state index contributed by atoms with van der Waals surface area (Å²) in [5.74, 6) is 2.08. The Kier molecular flexibility index (Phi) is 8.44. The summed E-state index contributed by atoms with van der Waals surface area (Å²) in [6.07, 6.45) is 0.350. The lowest BCUT2D eigenvalue weighted by atomic mass is 10.2. The van der Waals surface area contributed by atoms with Crippen molar-refractivity contribution in [2.75, 3.05) is 34.4 Å². The number of ether oxygens (including phenoxy) is 3. The maximum Gasteiger partial charge on any atom is 0.240 e. The number of hydrogen-bond donors (Lipinski definition) is 2. The van der Waals surface area contributed by atoms with Gasteiger partial charge >= 0.3 is 0 Å². The summed E-state index contributed by atoms with van der Waals surface area (Å²) in [7, 11) is 0.902. The Balaban J connectivity index is 1.44. The lowest BCUT2D eigenvalue weighted by molar-refractivity contribution is -0.121. The molecule has 0 saturated carbocycles. The number of aromatic nitrogens is 2. The van der Waals surface area contributed by atoms with E-state index in [9.17, 15) is 13.2 Å². The first-order valence-corrected chi connectivity index (χ1v) is 11.8. The molecular formula is C22H26N4O7S. The van der Waals surface area contributed by atoms with E-state index in [1.165, 1.54) is 26.4 Å². The second-order valence-corrected chi connectivity index (χ2v) is 8.77. The number of amides is 1. The van der Waals surface area contributed by atoms with Crippen LogP contribution in [0.25, 0.3) is 11.4 Å². The Morgan fingerprint density at radius 2 is 1.71 bits per heavy atom. The van der Waals surface area contributed by atoms with Gasteiger partial charge in [0.25, 0.3) is 0 Å². The van der Waals surface area contributed by atoms with Crippen LogP contribution in [-0.2, 0) is 21.2 Å². The zero-order chi connectivity index (χ0) is 24.6. The molecule has 0 unspecified atom stereocenters. The minimum atomic E-state index is -3.68. The molecule has 0 aliphatic rings. The smallest absolute Gasteiger partial charge is 0.240 e. The number of benzene rings is 2. The van der Waals surface area contributed by atoms with Gasteiger partial charge in [0.05, 0.1) is 26.2 Å². The molecule has 3 aromatic rings. The van der Waals surface area contributed by atoms with Crippen LogP contribution in [0.1, 0.15) is 12.3 Å². The van der Waals surface area contributed by atoms with Gasteiger partial charge in [0.1, 0.15) is 5.75 Å². The summed E-state index contributed by atoms with van der Waals surface area (Å²) >= 11 is 0. The van der Waals surface area contributed by atoms with Crippen molar-refractivity contribution in [3.8, 4) is 28.6 Å². The van der Waals surface area contributed by atoms with Crippen LogP contribution in [0.3, 0.4) is 0 Å². The first-order chi connectivity index (χ1) is 16.4. The molecule has 3 rings (SSSR count). The van der Waals surface area contributed by atoms with E-state index in [1.807, 2.05) is 0 Å². The van der Waals surface area contributed by atoms with E-state index in [-0.39, 0.29) is 36.7 Å². The van der Waals surface area contributed by atoms with Gasteiger partial charge in [-0.3, -0.25) is 4.79 Å². The first-order valence-electron chi connectivity index (χ1n) is 10.3. The number of carbonyl (C=O) groups is 1. The summed E-state index contributed by atoms with van der Waals surface area (Å²) in [4.78, 5) is 16.5. The second-order valence-electron chi connectivity index (χ2n) is 7.00. The Morgan fingerprint density at radius 3 is 2.38 bits per heavy atom. The van der Waals surface area contributed by atoms with Crippen LogP contribution in [0.5, 0.6) is 17.2 Å². The average molecular weight is 491 g/mol. The summed E-state index contributed by atoms with van der Waals surface area (Å²) < 4.78 is 47.7. The third kappa shape index (κ3) is 6.45. The number of nitrogens with one attached hydrogen (secondary N) is 2. The maximum atomic E-state index is 12.3. The number of aryl methyl sites for hydroxylation is 1. The molecule has 34 heavy (non-hydrogen) atoms. The number of methoxy groups -OCH3 is 3. The van der Waals surface area contributed by atoms with Gasteiger partial charge in [0, 0.05) is 31.5 Å². The van der Waals surface area contributed by atoms with Crippen LogP contribution in [0.2, 0.25) is 0 Å². The molecule has 0 radical (unpaired) electrons. The molecule has 0 atom stereocenters. The van der Waals surface area contributed by atoms with Crippen LogP contribution in [0, 0.1) is 0 Å². The molecule has 11 nitrogen and oxygen atoms in total. The van der Waals surface area contributed by atoms with Gasteiger partial charge in [0.15, 0.2) is 11.5 Å². The lowest BCUT2D eigenvalue weighted by Gasteiger charge is -2.08. The number of sulfonamides is 1. The molecule has 12 heteroatoms. The normalized spacial score (nSPS) is 11.1. The van der Waals surface area contributed by atoms with Crippen molar-refractivity contribution in [2.24, 2.45) is 0 Å². The van der Waals surface area contributed by atoms with Crippen molar-refractivity contribution in [3.05, 3.63) is 48.4 Å². The van der Waals surface area contributed by atoms with E-state index in [0.717, 1.165) is 0 Å². The maximum absolute atomic E-state index is 12.3. The highest BCUT2D eigenvalue weighted by atomic mass is 32.2. The van der Waals surface area contributed by atoms with Gasteiger partial charge in [-0.05, 0) is 42.5 Å². The van der Waals surface area contributed by atoms with E-state index < -0.39 is 10.0 Å². The predicted octanol–water partition coefficient (Wildman–Crippen LogP) is 1.79. The topological polar surface area (TPSA) is 142 Å². The highest BCUT2D eigenvalue weighted by Crippen LogP contribution is 2.31. The highest BCUT2D eigenvalue weighted by Gasteiger charge is 2.15. The highest BCUT2D eigenvalue weighted by molar-refractivity contribution is 7.89.